The van der Waals surface area contributed by atoms with Gasteiger partial charge in [0.15, 0.2) is 0 Å². The summed E-state index contributed by atoms with van der Waals surface area (Å²) in [6.07, 6.45) is 5.60. The molecule has 0 spiro atoms. The summed E-state index contributed by atoms with van der Waals surface area (Å²) >= 11 is 0. The largest absolute Gasteiger partial charge is 0.351 e. The van der Waals surface area contributed by atoms with Gasteiger partial charge in [-0.3, -0.25) is 0 Å². The van der Waals surface area contributed by atoms with E-state index in [1.807, 2.05) is 6.92 Å². The van der Waals surface area contributed by atoms with Crippen LogP contribution in [-0.2, 0) is 6.54 Å². The van der Waals surface area contributed by atoms with Crippen molar-refractivity contribution in [1.82, 2.24) is 9.55 Å². The molecule has 3 heteroatoms. The van der Waals surface area contributed by atoms with E-state index in [2.05, 4.69) is 48.8 Å². The smallest absolute Gasteiger partial charge is 0.203 e. The van der Waals surface area contributed by atoms with E-state index in [0.717, 1.165) is 31.0 Å². The van der Waals surface area contributed by atoms with Crippen molar-refractivity contribution in [2.24, 2.45) is 0 Å². The lowest BCUT2D eigenvalue weighted by atomic mass is 9.99. The number of anilines is 1. The molecule has 0 saturated carbocycles. The van der Waals surface area contributed by atoms with Gasteiger partial charge in [-0.1, -0.05) is 20.3 Å². The SMILES string of the molecule is CCCn1cc(C)nc1NC(C)(C)CCC. The lowest BCUT2D eigenvalue weighted by Gasteiger charge is -2.26. The number of imidazole rings is 1. The van der Waals surface area contributed by atoms with Crippen LogP contribution in [0.1, 0.15) is 52.7 Å². The molecule has 0 aromatic carbocycles. The number of nitrogens with zero attached hydrogens (tertiary/aromatic N) is 2. The highest BCUT2D eigenvalue weighted by atomic mass is 15.2. The fraction of sp³-hybridized carbons (Fsp3) is 0.769. The van der Waals surface area contributed by atoms with Crippen LogP contribution in [0.5, 0.6) is 0 Å². The maximum Gasteiger partial charge on any atom is 0.203 e. The van der Waals surface area contributed by atoms with E-state index in [1.54, 1.807) is 0 Å². The standard InChI is InChI=1S/C13H25N3/c1-6-8-13(4,5)15-12-14-11(3)10-16(12)9-7-2/h10H,6-9H2,1-5H3,(H,14,15). The Labute approximate surface area is 99.3 Å². The Morgan fingerprint density at radius 1 is 1.31 bits per heavy atom. The number of aryl methyl sites for hydroxylation is 2. The van der Waals surface area contributed by atoms with E-state index in [4.69, 9.17) is 0 Å². The second-order valence-electron chi connectivity index (χ2n) is 5.16. The molecular weight excluding hydrogens is 198 g/mol. The maximum atomic E-state index is 4.55. The number of hydrogen-bond acceptors (Lipinski definition) is 2. The van der Waals surface area contributed by atoms with Crippen LogP contribution in [0.15, 0.2) is 6.20 Å². The second-order valence-corrected chi connectivity index (χ2v) is 5.16. The zero-order valence-corrected chi connectivity index (χ0v) is 11.3. The molecule has 0 bridgehead atoms. The normalized spacial score (nSPS) is 11.8. The molecule has 16 heavy (non-hydrogen) atoms. The maximum absolute atomic E-state index is 4.55. The van der Waals surface area contributed by atoms with E-state index in [1.165, 1.54) is 6.42 Å². The zero-order valence-electron chi connectivity index (χ0n) is 11.3. The molecule has 0 aliphatic carbocycles. The van der Waals surface area contributed by atoms with E-state index in [9.17, 15) is 0 Å². The predicted molar refractivity (Wildman–Crippen MR) is 69.9 cm³/mol. The minimum Gasteiger partial charge on any atom is -0.351 e. The Hall–Kier alpha value is -0.990. The highest BCUT2D eigenvalue weighted by molar-refractivity contribution is 5.32. The molecule has 3 nitrogen and oxygen atoms in total. The predicted octanol–water partition coefficient (Wildman–Crippen LogP) is 3.59. The fourth-order valence-electron chi connectivity index (χ4n) is 2.05. The van der Waals surface area contributed by atoms with Crippen LogP contribution in [-0.4, -0.2) is 15.1 Å². The van der Waals surface area contributed by atoms with Crippen LogP contribution in [0, 0.1) is 6.92 Å². The van der Waals surface area contributed by atoms with Crippen molar-refractivity contribution in [2.75, 3.05) is 5.32 Å². The summed E-state index contributed by atoms with van der Waals surface area (Å²) < 4.78 is 2.22. The Morgan fingerprint density at radius 2 is 2.00 bits per heavy atom. The van der Waals surface area contributed by atoms with Gasteiger partial charge in [-0.25, -0.2) is 4.98 Å². The fourth-order valence-corrected chi connectivity index (χ4v) is 2.05. The van der Waals surface area contributed by atoms with Crippen molar-refractivity contribution in [3.05, 3.63) is 11.9 Å². The van der Waals surface area contributed by atoms with Crippen molar-refractivity contribution in [1.29, 1.82) is 0 Å². The van der Waals surface area contributed by atoms with E-state index in [0.29, 0.717) is 0 Å². The average molecular weight is 223 g/mol. The molecule has 1 heterocycles. The summed E-state index contributed by atoms with van der Waals surface area (Å²) in [5, 5.41) is 3.55. The van der Waals surface area contributed by atoms with Gasteiger partial charge in [0.2, 0.25) is 5.95 Å². The third-order valence-corrected chi connectivity index (χ3v) is 2.69. The molecule has 0 aliphatic rings. The van der Waals surface area contributed by atoms with Gasteiger partial charge in [-0.05, 0) is 33.6 Å². The summed E-state index contributed by atoms with van der Waals surface area (Å²) in [5.74, 6) is 1.01. The Bertz CT molecular complexity index is 326. The second kappa shape index (κ2) is 5.37. The van der Waals surface area contributed by atoms with Crippen molar-refractivity contribution >= 4 is 5.95 Å². The third-order valence-electron chi connectivity index (χ3n) is 2.69. The van der Waals surface area contributed by atoms with Gasteiger partial charge >= 0.3 is 0 Å². The molecule has 0 radical (unpaired) electrons. The van der Waals surface area contributed by atoms with Crippen molar-refractivity contribution in [3.8, 4) is 0 Å². The first kappa shape index (κ1) is 13.1. The summed E-state index contributed by atoms with van der Waals surface area (Å²) in [5.41, 5.74) is 1.21. The minimum atomic E-state index is 0.123. The summed E-state index contributed by atoms with van der Waals surface area (Å²) in [4.78, 5) is 4.55. The van der Waals surface area contributed by atoms with Gasteiger partial charge in [0.05, 0.1) is 5.69 Å². The van der Waals surface area contributed by atoms with Crippen molar-refractivity contribution in [3.63, 3.8) is 0 Å². The molecule has 1 N–H and O–H groups in total. The van der Waals surface area contributed by atoms with Crippen LogP contribution in [0.4, 0.5) is 5.95 Å². The monoisotopic (exact) mass is 223 g/mol. The Kier molecular flexibility index (Phi) is 4.39. The molecule has 1 aromatic rings. The molecule has 0 amide bonds. The van der Waals surface area contributed by atoms with E-state index in [-0.39, 0.29) is 5.54 Å². The summed E-state index contributed by atoms with van der Waals surface area (Å²) in [6, 6.07) is 0. The van der Waals surface area contributed by atoms with Crippen LogP contribution in [0.2, 0.25) is 0 Å². The molecule has 0 fully saturated rings. The van der Waals surface area contributed by atoms with Crippen LogP contribution < -0.4 is 5.32 Å². The summed E-state index contributed by atoms with van der Waals surface area (Å²) in [6.45, 7) is 12.0. The lowest BCUT2D eigenvalue weighted by molar-refractivity contribution is 0.501. The first-order valence-corrected chi connectivity index (χ1v) is 6.30. The van der Waals surface area contributed by atoms with E-state index >= 15 is 0 Å². The lowest BCUT2D eigenvalue weighted by Crippen LogP contribution is -2.32. The molecule has 1 aromatic heterocycles. The quantitative estimate of drug-likeness (QED) is 0.798. The number of hydrogen-bond donors (Lipinski definition) is 1. The highest BCUT2D eigenvalue weighted by Gasteiger charge is 2.18. The molecule has 92 valence electrons. The Balaban J connectivity index is 2.78. The van der Waals surface area contributed by atoms with Gasteiger partial charge in [0, 0.05) is 18.3 Å². The van der Waals surface area contributed by atoms with E-state index < -0.39 is 0 Å². The molecular formula is C13H25N3. The number of rotatable bonds is 6. The highest BCUT2D eigenvalue weighted by Crippen LogP contribution is 2.19. The topological polar surface area (TPSA) is 29.9 Å². The molecule has 0 aliphatic heterocycles. The van der Waals surface area contributed by atoms with Crippen molar-refractivity contribution in [2.45, 2.75) is 66.0 Å². The average Bonchev–Trinajstić information content (AvgIpc) is 2.46. The van der Waals surface area contributed by atoms with Crippen LogP contribution in [0.3, 0.4) is 0 Å². The first-order valence-electron chi connectivity index (χ1n) is 6.30. The first-order chi connectivity index (χ1) is 7.48. The van der Waals surface area contributed by atoms with Gasteiger partial charge in [0.25, 0.3) is 0 Å². The third kappa shape index (κ3) is 3.54. The molecule has 0 unspecified atom stereocenters. The van der Waals surface area contributed by atoms with Gasteiger partial charge in [-0.2, -0.15) is 0 Å². The van der Waals surface area contributed by atoms with Crippen LogP contribution in [0.25, 0.3) is 0 Å². The molecule has 0 saturated heterocycles. The number of nitrogens with one attached hydrogen (secondary N) is 1. The van der Waals surface area contributed by atoms with Gasteiger partial charge < -0.3 is 9.88 Å². The molecule has 1 rings (SSSR count). The minimum absolute atomic E-state index is 0.123. The van der Waals surface area contributed by atoms with Crippen molar-refractivity contribution < 1.29 is 0 Å². The zero-order chi connectivity index (χ0) is 12.2. The number of aromatic nitrogens is 2. The van der Waals surface area contributed by atoms with Gasteiger partial charge in [-0.15, -0.1) is 0 Å². The van der Waals surface area contributed by atoms with Gasteiger partial charge in [0.1, 0.15) is 0 Å². The Morgan fingerprint density at radius 3 is 2.56 bits per heavy atom. The molecule has 0 atom stereocenters. The van der Waals surface area contributed by atoms with Crippen LogP contribution >= 0.6 is 0 Å². The summed E-state index contributed by atoms with van der Waals surface area (Å²) in [7, 11) is 0.